The highest BCUT2D eigenvalue weighted by atomic mass is 79.9. The quantitative estimate of drug-likeness (QED) is 0.742. The molecule has 2 aromatic carbocycles. The van der Waals surface area contributed by atoms with Gasteiger partial charge in [0.25, 0.3) is 5.91 Å². The minimum Gasteiger partial charge on any atom is -0.493 e. The van der Waals surface area contributed by atoms with Gasteiger partial charge in [-0.25, -0.2) is 0 Å². The van der Waals surface area contributed by atoms with Gasteiger partial charge in [-0.15, -0.1) is 0 Å². The van der Waals surface area contributed by atoms with Crippen LogP contribution in [0, 0.1) is 0 Å². The van der Waals surface area contributed by atoms with Crippen LogP contribution in [0.25, 0.3) is 0 Å². The first-order valence-electron chi connectivity index (χ1n) is 8.56. The van der Waals surface area contributed by atoms with E-state index in [1.165, 1.54) is 0 Å². The van der Waals surface area contributed by atoms with Gasteiger partial charge < -0.3 is 19.3 Å². The number of piperazine rings is 1. The summed E-state index contributed by atoms with van der Waals surface area (Å²) in [6.07, 6.45) is 0. The lowest BCUT2D eigenvalue weighted by Crippen LogP contribution is -2.57. The topological polar surface area (TPSA) is 59.1 Å². The molecule has 2 amide bonds. The van der Waals surface area contributed by atoms with Gasteiger partial charge in [0.2, 0.25) is 5.91 Å². The average molecular weight is 433 g/mol. The van der Waals surface area contributed by atoms with Gasteiger partial charge in [-0.3, -0.25) is 9.59 Å². The van der Waals surface area contributed by atoms with Gasteiger partial charge >= 0.3 is 0 Å². The van der Waals surface area contributed by atoms with Crippen LogP contribution in [-0.4, -0.2) is 50.1 Å². The number of anilines is 1. The van der Waals surface area contributed by atoms with Crippen LogP contribution in [0.1, 0.15) is 17.3 Å². The summed E-state index contributed by atoms with van der Waals surface area (Å²) in [5.74, 6) is 0.892. The van der Waals surface area contributed by atoms with Gasteiger partial charge in [-0.1, -0.05) is 15.9 Å². The third kappa shape index (κ3) is 3.78. The minimum atomic E-state index is -0.553. The van der Waals surface area contributed by atoms with Crippen molar-refractivity contribution in [3.63, 3.8) is 0 Å². The molecule has 0 unspecified atom stereocenters. The Morgan fingerprint density at radius 3 is 2.33 bits per heavy atom. The fourth-order valence-corrected chi connectivity index (χ4v) is 3.42. The number of methoxy groups -OCH3 is 2. The van der Waals surface area contributed by atoms with Gasteiger partial charge in [0, 0.05) is 34.9 Å². The van der Waals surface area contributed by atoms with Gasteiger partial charge in [0.15, 0.2) is 11.5 Å². The highest BCUT2D eigenvalue weighted by Gasteiger charge is 2.35. The zero-order valence-electron chi connectivity index (χ0n) is 15.4. The van der Waals surface area contributed by atoms with Gasteiger partial charge in [-0.2, -0.15) is 0 Å². The molecule has 0 spiro atoms. The molecule has 6 nitrogen and oxygen atoms in total. The number of amides is 2. The Bertz CT molecular complexity index is 854. The van der Waals surface area contributed by atoms with E-state index in [1.54, 1.807) is 55.2 Å². The van der Waals surface area contributed by atoms with Gasteiger partial charge in [0.1, 0.15) is 6.04 Å². The Balaban J connectivity index is 1.80. The van der Waals surface area contributed by atoms with Crippen molar-refractivity contribution in [1.82, 2.24) is 4.90 Å². The summed E-state index contributed by atoms with van der Waals surface area (Å²) in [5, 5.41) is 0. The first-order chi connectivity index (χ1) is 13.0. The van der Waals surface area contributed by atoms with E-state index in [0.717, 1.165) is 10.2 Å². The predicted octanol–water partition coefficient (Wildman–Crippen LogP) is 3.34. The van der Waals surface area contributed by atoms with E-state index in [0.29, 0.717) is 30.2 Å². The second kappa shape index (κ2) is 8.00. The fourth-order valence-electron chi connectivity index (χ4n) is 3.16. The molecule has 3 rings (SSSR count). The Kier molecular flexibility index (Phi) is 5.70. The van der Waals surface area contributed by atoms with E-state index in [1.807, 2.05) is 18.2 Å². The highest BCUT2D eigenvalue weighted by molar-refractivity contribution is 9.10. The molecule has 0 bridgehead atoms. The summed E-state index contributed by atoms with van der Waals surface area (Å²) in [4.78, 5) is 29.0. The molecule has 1 saturated heterocycles. The van der Waals surface area contributed by atoms with Crippen molar-refractivity contribution in [2.75, 3.05) is 32.2 Å². The van der Waals surface area contributed by atoms with Gasteiger partial charge in [-0.05, 0) is 43.3 Å². The molecule has 0 saturated carbocycles. The molecule has 0 radical (unpaired) electrons. The molecule has 27 heavy (non-hydrogen) atoms. The number of carbonyl (C=O) groups excluding carboxylic acids is 2. The number of carbonyl (C=O) groups is 2. The smallest absolute Gasteiger partial charge is 0.254 e. The molecule has 7 heteroatoms. The second-order valence-corrected chi connectivity index (χ2v) is 7.13. The number of benzene rings is 2. The van der Waals surface area contributed by atoms with E-state index in [9.17, 15) is 9.59 Å². The molecule has 1 atom stereocenters. The monoisotopic (exact) mass is 432 g/mol. The summed E-state index contributed by atoms with van der Waals surface area (Å²) in [5.41, 5.74) is 1.29. The van der Waals surface area contributed by atoms with Crippen molar-refractivity contribution in [1.29, 1.82) is 0 Å². The van der Waals surface area contributed by atoms with E-state index in [2.05, 4.69) is 15.9 Å². The van der Waals surface area contributed by atoms with Crippen molar-refractivity contribution in [2.24, 2.45) is 0 Å². The molecule has 1 aliphatic rings. The van der Waals surface area contributed by atoms with Crippen LogP contribution in [0.15, 0.2) is 46.9 Å². The second-order valence-electron chi connectivity index (χ2n) is 6.21. The highest BCUT2D eigenvalue weighted by Crippen LogP contribution is 2.32. The average Bonchev–Trinajstić information content (AvgIpc) is 2.69. The summed E-state index contributed by atoms with van der Waals surface area (Å²) in [6, 6.07) is 12.0. The van der Waals surface area contributed by atoms with Crippen LogP contribution in [0.5, 0.6) is 11.5 Å². The minimum absolute atomic E-state index is 0.126. The first kappa shape index (κ1) is 19.2. The molecule has 1 aliphatic heterocycles. The summed E-state index contributed by atoms with van der Waals surface area (Å²) >= 11 is 3.36. The summed E-state index contributed by atoms with van der Waals surface area (Å²) < 4.78 is 11.5. The SMILES string of the molecule is COc1ccc(N2CCN(C(=O)c3ccc(Br)cc3)[C@@H](C)C2=O)cc1OC. The Hall–Kier alpha value is -2.54. The zero-order valence-corrected chi connectivity index (χ0v) is 17.0. The maximum absolute atomic E-state index is 12.9. The largest absolute Gasteiger partial charge is 0.493 e. The first-order valence-corrected chi connectivity index (χ1v) is 9.35. The molecule has 1 fully saturated rings. The molecule has 0 aliphatic carbocycles. The summed E-state index contributed by atoms with van der Waals surface area (Å²) in [7, 11) is 3.12. The third-order valence-electron chi connectivity index (χ3n) is 4.69. The van der Waals surface area contributed by atoms with E-state index >= 15 is 0 Å². The van der Waals surface area contributed by atoms with Crippen LogP contribution < -0.4 is 14.4 Å². The van der Waals surface area contributed by atoms with Crippen molar-refractivity contribution >= 4 is 33.4 Å². The van der Waals surface area contributed by atoms with Crippen LogP contribution in [0.2, 0.25) is 0 Å². The standard InChI is InChI=1S/C20H21BrN2O4/c1-13-19(24)23(16-8-9-17(26-2)18(12-16)27-3)11-10-22(13)20(25)14-4-6-15(21)7-5-14/h4-9,12-13H,10-11H2,1-3H3/t13-/m0/s1. The number of halogens is 1. The number of nitrogens with zero attached hydrogens (tertiary/aromatic N) is 2. The van der Waals surface area contributed by atoms with Gasteiger partial charge in [0.05, 0.1) is 14.2 Å². The third-order valence-corrected chi connectivity index (χ3v) is 5.21. The maximum Gasteiger partial charge on any atom is 0.254 e. The van der Waals surface area contributed by atoms with Crippen LogP contribution in [-0.2, 0) is 4.79 Å². The number of rotatable bonds is 4. The van der Waals surface area contributed by atoms with E-state index in [4.69, 9.17) is 9.47 Å². The normalized spacial score (nSPS) is 17.0. The number of hydrogen-bond donors (Lipinski definition) is 0. The number of ether oxygens (including phenoxy) is 2. The van der Waals surface area contributed by atoms with Crippen molar-refractivity contribution in [2.45, 2.75) is 13.0 Å². The molecule has 2 aromatic rings. The maximum atomic E-state index is 12.9. The van der Waals surface area contributed by atoms with Crippen LogP contribution >= 0.6 is 15.9 Å². The van der Waals surface area contributed by atoms with Crippen LogP contribution in [0.3, 0.4) is 0 Å². The van der Waals surface area contributed by atoms with Crippen molar-refractivity contribution in [3.8, 4) is 11.5 Å². The van der Waals surface area contributed by atoms with E-state index in [-0.39, 0.29) is 11.8 Å². The lowest BCUT2D eigenvalue weighted by Gasteiger charge is -2.39. The lowest BCUT2D eigenvalue weighted by molar-refractivity contribution is -0.124. The predicted molar refractivity (Wildman–Crippen MR) is 107 cm³/mol. The Labute approximate surface area is 166 Å². The van der Waals surface area contributed by atoms with Crippen LogP contribution in [0.4, 0.5) is 5.69 Å². The molecule has 142 valence electrons. The molecule has 0 aromatic heterocycles. The fraction of sp³-hybridized carbons (Fsp3) is 0.300. The summed E-state index contributed by atoms with van der Waals surface area (Å²) in [6.45, 7) is 2.63. The molecular weight excluding hydrogens is 412 g/mol. The van der Waals surface area contributed by atoms with E-state index < -0.39 is 6.04 Å². The Morgan fingerprint density at radius 2 is 1.70 bits per heavy atom. The molecular formula is C20H21BrN2O4. The van der Waals surface area contributed by atoms with Crippen molar-refractivity contribution < 1.29 is 19.1 Å². The lowest BCUT2D eigenvalue weighted by atomic mass is 10.1. The number of hydrogen-bond acceptors (Lipinski definition) is 4. The van der Waals surface area contributed by atoms with Crippen molar-refractivity contribution in [3.05, 3.63) is 52.5 Å². The molecule has 0 N–H and O–H groups in total. The molecule has 1 heterocycles. The zero-order chi connectivity index (χ0) is 19.6. The Morgan fingerprint density at radius 1 is 1.04 bits per heavy atom.